The van der Waals surface area contributed by atoms with Crippen molar-refractivity contribution in [2.75, 3.05) is 26.2 Å². The molecular weight excluding hydrogens is 360 g/mol. The van der Waals surface area contributed by atoms with Crippen molar-refractivity contribution in [3.05, 3.63) is 30.3 Å². The standard InChI is InChI=1S/C25H36N2O2/c28-23-12-8-11-21-13-14-24(26-25(21)23)29-18-7-6-16-27-17-15-20-9-4-2-1-3-5-10-22(20)19-27/h8,11-14,20,22,28H,1-7,9-10,15-19H2. The van der Waals surface area contributed by atoms with E-state index in [-0.39, 0.29) is 5.75 Å². The average Bonchev–Trinajstić information content (AvgIpc) is 2.86. The fourth-order valence-electron chi connectivity index (χ4n) is 5.22. The van der Waals surface area contributed by atoms with Crippen molar-refractivity contribution in [1.29, 1.82) is 0 Å². The number of nitrogens with zero attached hydrogens (tertiary/aromatic N) is 2. The zero-order chi connectivity index (χ0) is 19.9. The Labute approximate surface area is 175 Å². The van der Waals surface area contributed by atoms with E-state index in [4.69, 9.17) is 4.74 Å². The maximum atomic E-state index is 9.96. The number of para-hydroxylation sites is 1. The molecule has 0 radical (unpaired) electrons. The van der Waals surface area contributed by atoms with Gasteiger partial charge in [0.05, 0.1) is 6.61 Å². The number of likely N-dealkylation sites (tertiary alicyclic amines) is 1. The van der Waals surface area contributed by atoms with Crippen LogP contribution in [-0.2, 0) is 0 Å². The third-order valence-corrected chi connectivity index (χ3v) is 6.92. The summed E-state index contributed by atoms with van der Waals surface area (Å²) in [5.41, 5.74) is 0.614. The zero-order valence-electron chi connectivity index (χ0n) is 17.7. The fraction of sp³-hybridized carbons (Fsp3) is 0.640. The molecule has 1 saturated heterocycles. The summed E-state index contributed by atoms with van der Waals surface area (Å²) in [6, 6.07) is 9.30. The van der Waals surface area contributed by atoms with Crippen LogP contribution in [0.4, 0.5) is 0 Å². The largest absolute Gasteiger partial charge is 0.506 e. The Balaban J connectivity index is 1.18. The van der Waals surface area contributed by atoms with E-state index in [1.165, 1.54) is 77.4 Å². The Morgan fingerprint density at radius 1 is 0.931 bits per heavy atom. The summed E-state index contributed by atoms with van der Waals surface area (Å²) < 4.78 is 5.85. The molecule has 0 bridgehead atoms. The zero-order valence-corrected chi connectivity index (χ0v) is 17.7. The van der Waals surface area contributed by atoms with E-state index >= 15 is 0 Å². The summed E-state index contributed by atoms with van der Waals surface area (Å²) in [5.74, 6) is 2.74. The molecular formula is C25H36N2O2. The van der Waals surface area contributed by atoms with Gasteiger partial charge >= 0.3 is 0 Å². The summed E-state index contributed by atoms with van der Waals surface area (Å²) in [6.45, 7) is 4.48. The lowest BCUT2D eigenvalue weighted by Crippen LogP contribution is -2.41. The first-order valence-electron chi connectivity index (χ1n) is 11.7. The number of fused-ring (bicyclic) bond motifs is 2. The smallest absolute Gasteiger partial charge is 0.213 e. The normalized spacial score (nSPS) is 23.7. The summed E-state index contributed by atoms with van der Waals surface area (Å²) in [5, 5.41) is 10.9. The average molecular weight is 397 g/mol. The van der Waals surface area contributed by atoms with Gasteiger partial charge in [0.15, 0.2) is 0 Å². The monoisotopic (exact) mass is 396 g/mol. The molecule has 2 atom stereocenters. The van der Waals surface area contributed by atoms with Gasteiger partial charge in [-0.3, -0.25) is 0 Å². The lowest BCUT2D eigenvalue weighted by atomic mass is 9.80. The molecule has 2 fully saturated rings. The molecule has 4 rings (SSSR count). The highest BCUT2D eigenvalue weighted by Crippen LogP contribution is 2.33. The third-order valence-electron chi connectivity index (χ3n) is 6.92. The molecule has 0 spiro atoms. The molecule has 1 aromatic heterocycles. The van der Waals surface area contributed by atoms with Gasteiger partial charge in [-0.2, -0.15) is 0 Å². The van der Waals surface area contributed by atoms with Gasteiger partial charge in [-0.05, 0) is 62.7 Å². The first-order chi connectivity index (χ1) is 14.3. The van der Waals surface area contributed by atoms with Crippen molar-refractivity contribution >= 4 is 10.9 Å². The van der Waals surface area contributed by atoms with Crippen molar-refractivity contribution in [2.24, 2.45) is 11.8 Å². The van der Waals surface area contributed by atoms with Crippen LogP contribution in [0.25, 0.3) is 10.9 Å². The second-order valence-corrected chi connectivity index (χ2v) is 9.01. The lowest BCUT2D eigenvalue weighted by Gasteiger charge is -2.38. The summed E-state index contributed by atoms with van der Waals surface area (Å²) >= 11 is 0. The van der Waals surface area contributed by atoms with E-state index in [2.05, 4.69) is 9.88 Å². The van der Waals surface area contributed by atoms with Gasteiger partial charge in [-0.15, -0.1) is 0 Å². The molecule has 29 heavy (non-hydrogen) atoms. The predicted molar refractivity (Wildman–Crippen MR) is 118 cm³/mol. The SMILES string of the molecule is Oc1cccc2ccc(OCCCCN3CCC4CCCCCCCC4C3)nc12. The first-order valence-corrected chi connectivity index (χ1v) is 11.7. The second-order valence-electron chi connectivity index (χ2n) is 9.01. The third kappa shape index (κ3) is 5.63. The van der Waals surface area contributed by atoms with Crippen molar-refractivity contribution in [1.82, 2.24) is 9.88 Å². The van der Waals surface area contributed by atoms with E-state index in [0.29, 0.717) is 18.0 Å². The highest BCUT2D eigenvalue weighted by atomic mass is 16.5. The number of rotatable bonds is 6. The van der Waals surface area contributed by atoms with Crippen LogP contribution in [0.2, 0.25) is 0 Å². The van der Waals surface area contributed by atoms with E-state index in [1.807, 2.05) is 24.3 Å². The van der Waals surface area contributed by atoms with Crippen molar-refractivity contribution in [3.63, 3.8) is 0 Å². The quantitative estimate of drug-likeness (QED) is 0.629. The summed E-state index contributed by atoms with van der Waals surface area (Å²) in [4.78, 5) is 7.15. The van der Waals surface area contributed by atoms with Gasteiger partial charge in [0.25, 0.3) is 0 Å². The number of phenolic OH excluding ortho intramolecular Hbond substituents is 1. The highest BCUT2D eigenvalue weighted by molar-refractivity contribution is 5.84. The van der Waals surface area contributed by atoms with Crippen LogP contribution < -0.4 is 4.74 Å². The van der Waals surface area contributed by atoms with Crippen molar-refractivity contribution < 1.29 is 9.84 Å². The predicted octanol–water partition coefficient (Wildman–Crippen LogP) is 5.78. The molecule has 2 heterocycles. The lowest BCUT2D eigenvalue weighted by molar-refractivity contribution is 0.104. The second kappa shape index (κ2) is 10.3. The molecule has 158 valence electrons. The number of unbranched alkanes of at least 4 members (excludes halogenated alkanes) is 1. The number of benzene rings is 1. The van der Waals surface area contributed by atoms with Crippen molar-refractivity contribution in [2.45, 2.75) is 64.2 Å². The molecule has 2 unspecified atom stereocenters. The fourth-order valence-corrected chi connectivity index (χ4v) is 5.22. The number of pyridine rings is 1. The van der Waals surface area contributed by atoms with Gasteiger partial charge in [0, 0.05) is 18.0 Å². The van der Waals surface area contributed by atoms with Crippen molar-refractivity contribution in [3.8, 4) is 11.6 Å². The van der Waals surface area contributed by atoms with Crippen LogP contribution in [-0.4, -0.2) is 41.2 Å². The topological polar surface area (TPSA) is 45.6 Å². The minimum atomic E-state index is 0.210. The van der Waals surface area contributed by atoms with Gasteiger partial charge in [-0.25, -0.2) is 4.98 Å². The van der Waals surface area contributed by atoms with E-state index in [0.717, 1.165) is 23.6 Å². The Morgan fingerprint density at radius 3 is 2.66 bits per heavy atom. The van der Waals surface area contributed by atoms with Gasteiger partial charge in [-0.1, -0.05) is 50.7 Å². The maximum Gasteiger partial charge on any atom is 0.213 e. The number of hydrogen-bond acceptors (Lipinski definition) is 4. The maximum absolute atomic E-state index is 9.96. The molecule has 0 amide bonds. The van der Waals surface area contributed by atoms with Crippen LogP contribution >= 0.6 is 0 Å². The van der Waals surface area contributed by atoms with Crippen LogP contribution in [0.5, 0.6) is 11.6 Å². The summed E-state index contributed by atoms with van der Waals surface area (Å²) in [7, 11) is 0. The molecule has 4 nitrogen and oxygen atoms in total. The molecule has 1 aromatic carbocycles. The van der Waals surface area contributed by atoms with E-state index in [9.17, 15) is 5.11 Å². The Hall–Kier alpha value is -1.81. The number of aromatic nitrogens is 1. The van der Waals surface area contributed by atoms with Crippen LogP contribution in [0.1, 0.15) is 64.2 Å². The van der Waals surface area contributed by atoms with Gasteiger partial charge in [0.2, 0.25) is 5.88 Å². The van der Waals surface area contributed by atoms with E-state index in [1.54, 1.807) is 6.07 Å². The van der Waals surface area contributed by atoms with Gasteiger partial charge < -0.3 is 14.7 Å². The molecule has 1 N–H and O–H groups in total. The molecule has 1 aliphatic heterocycles. The number of aromatic hydroxyl groups is 1. The molecule has 2 aromatic rings. The molecule has 1 saturated carbocycles. The summed E-state index contributed by atoms with van der Waals surface area (Å²) in [6.07, 6.45) is 13.8. The molecule has 2 aliphatic rings. The minimum absolute atomic E-state index is 0.210. The first kappa shape index (κ1) is 20.5. The van der Waals surface area contributed by atoms with Crippen LogP contribution in [0.15, 0.2) is 30.3 Å². The Bertz CT molecular complexity index is 779. The number of hydrogen-bond donors (Lipinski definition) is 1. The number of phenols is 1. The number of ether oxygens (including phenoxy) is 1. The Morgan fingerprint density at radius 2 is 1.76 bits per heavy atom. The highest BCUT2D eigenvalue weighted by Gasteiger charge is 2.28. The van der Waals surface area contributed by atoms with Crippen LogP contribution in [0.3, 0.4) is 0 Å². The Kier molecular flexibility index (Phi) is 7.26. The number of piperidine rings is 1. The van der Waals surface area contributed by atoms with E-state index < -0.39 is 0 Å². The minimum Gasteiger partial charge on any atom is -0.506 e. The molecule has 4 heteroatoms. The van der Waals surface area contributed by atoms with Crippen LogP contribution in [0, 0.1) is 11.8 Å². The molecule has 1 aliphatic carbocycles. The van der Waals surface area contributed by atoms with Gasteiger partial charge in [0.1, 0.15) is 11.3 Å².